The molecule has 0 spiro atoms. The highest BCUT2D eigenvalue weighted by molar-refractivity contribution is 7.17. The fourth-order valence-corrected chi connectivity index (χ4v) is 2.84. The van der Waals surface area contributed by atoms with Gasteiger partial charge in [0.25, 0.3) is 5.69 Å². The number of rotatable bonds is 3. The third-order valence-electron chi connectivity index (χ3n) is 3.06. The number of nitro groups is 1. The first-order chi connectivity index (χ1) is 10.2. The topological polar surface area (TPSA) is 79.0 Å². The zero-order valence-electron chi connectivity index (χ0n) is 10.7. The van der Waals surface area contributed by atoms with Crippen molar-refractivity contribution in [1.82, 2.24) is 0 Å². The maximum absolute atomic E-state index is 11.0. The van der Waals surface area contributed by atoms with Crippen LogP contribution in [-0.4, -0.2) is 4.92 Å². The highest BCUT2D eigenvalue weighted by Gasteiger charge is 2.14. The first-order valence-electron chi connectivity index (χ1n) is 6.10. The molecule has 0 amide bonds. The van der Waals surface area contributed by atoms with E-state index in [2.05, 4.69) is 5.32 Å². The molecule has 2 aromatic carbocycles. The largest absolute Gasteiger partial charge is 0.355 e. The molecule has 0 aliphatic heterocycles. The van der Waals surface area contributed by atoms with Gasteiger partial charge < -0.3 is 5.32 Å². The standard InChI is InChI=1S/C15H9N3O2S/c16-9-11-1-2-13(8-14(11)18(19)20)17-12-3-4-15-10(7-12)5-6-21-15/h1-8,17H. The number of anilines is 2. The maximum Gasteiger partial charge on any atom is 0.289 e. The third-order valence-corrected chi connectivity index (χ3v) is 3.95. The summed E-state index contributed by atoms with van der Waals surface area (Å²) >= 11 is 1.66. The van der Waals surface area contributed by atoms with Gasteiger partial charge in [-0.15, -0.1) is 11.3 Å². The molecular weight excluding hydrogens is 286 g/mol. The lowest BCUT2D eigenvalue weighted by atomic mass is 10.1. The number of fused-ring (bicyclic) bond motifs is 1. The molecule has 3 rings (SSSR count). The lowest BCUT2D eigenvalue weighted by Gasteiger charge is -2.07. The van der Waals surface area contributed by atoms with Gasteiger partial charge in [-0.3, -0.25) is 10.1 Å². The van der Waals surface area contributed by atoms with Gasteiger partial charge in [-0.2, -0.15) is 5.26 Å². The zero-order valence-corrected chi connectivity index (χ0v) is 11.6. The normalized spacial score (nSPS) is 10.2. The van der Waals surface area contributed by atoms with Crippen LogP contribution in [0.2, 0.25) is 0 Å². The zero-order chi connectivity index (χ0) is 14.8. The van der Waals surface area contributed by atoms with Crippen molar-refractivity contribution in [3.63, 3.8) is 0 Å². The van der Waals surface area contributed by atoms with Crippen LogP contribution in [0.4, 0.5) is 17.1 Å². The van der Waals surface area contributed by atoms with Crippen LogP contribution in [0.15, 0.2) is 47.8 Å². The summed E-state index contributed by atoms with van der Waals surface area (Å²) in [5, 5.41) is 26.1. The Morgan fingerprint density at radius 2 is 1.90 bits per heavy atom. The van der Waals surface area contributed by atoms with Crippen LogP contribution in [0.3, 0.4) is 0 Å². The molecule has 0 atom stereocenters. The van der Waals surface area contributed by atoms with Gasteiger partial charge in [0.15, 0.2) is 0 Å². The van der Waals surface area contributed by atoms with E-state index in [9.17, 15) is 10.1 Å². The van der Waals surface area contributed by atoms with Gasteiger partial charge in [0.1, 0.15) is 11.6 Å². The second-order valence-corrected chi connectivity index (χ2v) is 5.35. The van der Waals surface area contributed by atoms with Gasteiger partial charge in [0, 0.05) is 22.1 Å². The monoisotopic (exact) mass is 295 g/mol. The first-order valence-corrected chi connectivity index (χ1v) is 6.98. The predicted molar refractivity (Wildman–Crippen MR) is 82.9 cm³/mol. The number of benzene rings is 2. The smallest absolute Gasteiger partial charge is 0.289 e. The molecule has 0 unspecified atom stereocenters. The van der Waals surface area contributed by atoms with Crippen molar-refractivity contribution in [3.05, 3.63) is 63.5 Å². The average molecular weight is 295 g/mol. The summed E-state index contributed by atoms with van der Waals surface area (Å²) in [5.41, 5.74) is 1.29. The van der Waals surface area contributed by atoms with Crippen LogP contribution < -0.4 is 5.32 Å². The number of nitrogens with one attached hydrogen (secondary N) is 1. The molecule has 102 valence electrons. The fourth-order valence-electron chi connectivity index (χ4n) is 2.07. The summed E-state index contributed by atoms with van der Waals surface area (Å²) in [6.45, 7) is 0. The summed E-state index contributed by atoms with van der Waals surface area (Å²) < 4.78 is 1.19. The summed E-state index contributed by atoms with van der Waals surface area (Å²) in [6.07, 6.45) is 0. The Labute approximate surface area is 124 Å². The van der Waals surface area contributed by atoms with E-state index in [1.54, 1.807) is 17.4 Å². The summed E-state index contributed by atoms with van der Waals surface area (Å²) in [6, 6.07) is 14.2. The van der Waals surface area contributed by atoms with E-state index in [0.29, 0.717) is 5.69 Å². The van der Waals surface area contributed by atoms with E-state index >= 15 is 0 Å². The van der Waals surface area contributed by atoms with Crippen molar-refractivity contribution in [3.8, 4) is 6.07 Å². The van der Waals surface area contributed by atoms with Crippen molar-refractivity contribution >= 4 is 38.5 Å². The summed E-state index contributed by atoms with van der Waals surface area (Å²) in [7, 11) is 0. The molecule has 0 fully saturated rings. The molecule has 0 saturated carbocycles. The molecule has 5 nitrogen and oxygen atoms in total. The molecule has 21 heavy (non-hydrogen) atoms. The Morgan fingerprint density at radius 1 is 1.14 bits per heavy atom. The van der Waals surface area contributed by atoms with Gasteiger partial charge in [0.2, 0.25) is 0 Å². The fraction of sp³-hybridized carbons (Fsp3) is 0. The average Bonchev–Trinajstić information content (AvgIpc) is 2.94. The molecule has 1 aromatic heterocycles. The molecule has 3 aromatic rings. The number of nitro benzene ring substituents is 1. The third kappa shape index (κ3) is 2.55. The number of hydrogen-bond donors (Lipinski definition) is 1. The predicted octanol–water partition coefficient (Wildman–Crippen LogP) is 4.42. The Kier molecular flexibility index (Phi) is 3.26. The Hall–Kier alpha value is -2.91. The van der Waals surface area contributed by atoms with E-state index < -0.39 is 4.92 Å². The summed E-state index contributed by atoms with van der Waals surface area (Å²) in [5.74, 6) is 0. The Bertz CT molecular complexity index is 880. The van der Waals surface area contributed by atoms with Crippen molar-refractivity contribution < 1.29 is 4.92 Å². The van der Waals surface area contributed by atoms with E-state index in [0.717, 1.165) is 11.1 Å². The van der Waals surface area contributed by atoms with E-state index in [1.165, 1.54) is 16.8 Å². The van der Waals surface area contributed by atoms with Gasteiger partial charge in [-0.05, 0) is 47.2 Å². The van der Waals surface area contributed by atoms with Crippen LogP contribution in [0.1, 0.15) is 5.56 Å². The van der Waals surface area contributed by atoms with Crippen LogP contribution in [0, 0.1) is 21.4 Å². The molecular formula is C15H9N3O2S. The minimum absolute atomic E-state index is 0.0545. The van der Waals surface area contributed by atoms with Crippen molar-refractivity contribution in [1.29, 1.82) is 5.26 Å². The molecule has 0 bridgehead atoms. The van der Waals surface area contributed by atoms with Crippen molar-refractivity contribution in [2.24, 2.45) is 0 Å². The molecule has 1 N–H and O–H groups in total. The molecule has 1 heterocycles. The minimum atomic E-state index is -0.550. The highest BCUT2D eigenvalue weighted by Crippen LogP contribution is 2.28. The van der Waals surface area contributed by atoms with Crippen molar-refractivity contribution in [2.75, 3.05) is 5.32 Å². The lowest BCUT2D eigenvalue weighted by molar-refractivity contribution is -0.385. The van der Waals surface area contributed by atoms with Crippen molar-refractivity contribution in [2.45, 2.75) is 0 Å². The van der Waals surface area contributed by atoms with Crippen LogP contribution in [0.5, 0.6) is 0 Å². The van der Waals surface area contributed by atoms with Gasteiger partial charge in [-0.1, -0.05) is 0 Å². The van der Waals surface area contributed by atoms with Crippen LogP contribution >= 0.6 is 11.3 Å². The Balaban J connectivity index is 1.95. The quantitative estimate of drug-likeness (QED) is 0.573. The second-order valence-electron chi connectivity index (χ2n) is 4.40. The van der Waals surface area contributed by atoms with E-state index in [4.69, 9.17) is 5.26 Å². The second kappa shape index (κ2) is 5.23. The van der Waals surface area contributed by atoms with Gasteiger partial charge in [0.05, 0.1) is 4.92 Å². The molecule has 0 saturated heterocycles. The van der Waals surface area contributed by atoms with Crippen LogP contribution in [0.25, 0.3) is 10.1 Å². The van der Waals surface area contributed by atoms with Gasteiger partial charge in [-0.25, -0.2) is 0 Å². The molecule has 0 radical (unpaired) electrons. The van der Waals surface area contributed by atoms with Gasteiger partial charge >= 0.3 is 0 Å². The Morgan fingerprint density at radius 3 is 2.67 bits per heavy atom. The number of hydrogen-bond acceptors (Lipinski definition) is 5. The number of nitriles is 1. The van der Waals surface area contributed by atoms with E-state index in [-0.39, 0.29) is 11.3 Å². The molecule has 6 heteroatoms. The molecule has 0 aliphatic carbocycles. The summed E-state index contributed by atoms with van der Waals surface area (Å²) in [4.78, 5) is 10.4. The van der Waals surface area contributed by atoms with Crippen LogP contribution in [-0.2, 0) is 0 Å². The SMILES string of the molecule is N#Cc1ccc(Nc2ccc3sccc3c2)cc1[N+](=O)[O-]. The molecule has 0 aliphatic rings. The van der Waals surface area contributed by atoms with E-state index in [1.807, 2.05) is 35.7 Å². The number of thiophene rings is 1. The highest BCUT2D eigenvalue weighted by atomic mass is 32.1. The number of nitrogens with zero attached hydrogens (tertiary/aromatic N) is 2. The first kappa shape index (κ1) is 13.1. The minimum Gasteiger partial charge on any atom is -0.355 e. The lowest BCUT2D eigenvalue weighted by Crippen LogP contribution is -1.95. The maximum atomic E-state index is 11.0.